The van der Waals surface area contributed by atoms with E-state index in [-0.39, 0.29) is 6.54 Å². The van der Waals surface area contributed by atoms with Gasteiger partial charge in [0.2, 0.25) is 0 Å². The van der Waals surface area contributed by atoms with Crippen LogP contribution in [0.4, 0.5) is 0 Å². The van der Waals surface area contributed by atoms with Crippen LogP contribution in [0.25, 0.3) is 11.0 Å². The Kier molecular flexibility index (Phi) is 3.68. The van der Waals surface area contributed by atoms with E-state index < -0.39 is 6.10 Å². The molecule has 2 rings (SSSR count). The van der Waals surface area contributed by atoms with Crippen molar-refractivity contribution in [1.82, 2.24) is 9.55 Å². The molecule has 1 heterocycles. The Morgan fingerprint density at radius 3 is 2.72 bits per heavy atom. The van der Waals surface area contributed by atoms with Crippen molar-refractivity contribution in [3.63, 3.8) is 0 Å². The second-order valence-electron chi connectivity index (χ2n) is 5.18. The molecule has 0 radical (unpaired) electrons. The van der Waals surface area contributed by atoms with E-state index in [4.69, 9.17) is 5.73 Å². The zero-order valence-electron chi connectivity index (χ0n) is 11.2. The van der Waals surface area contributed by atoms with Gasteiger partial charge in [-0.2, -0.15) is 0 Å². The van der Waals surface area contributed by atoms with Crippen molar-refractivity contribution in [3.05, 3.63) is 29.6 Å². The number of nitrogens with zero attached hydrogens (tertiary/aromatic N) is 2. The van der Waals surface area contributed by atoms with Crippen LogP contribution in [0.1, 0.15) is 31.3 Å². The average Bonchev–Trinajstić information content (AvgIpc) is 2.64. The molecule has 1 aromatic heterocycles. The van der Waals surface area contributed by atoms with Crippen LogP contribution in [0.5, 0.6) is 0 Å². The van der Waals surface area contributed by atoms with Crippen molar-refractivity contribution in [2.75, 3.05) is 6.54 Å². The number of hydrogen-bond acceptors (Lipinski definition) is 3. The van der Waals surface area contributed by atoms with E-state index in [1.807, 2.05) is 25.2 Å². The maximum atomic E-state index is 9.78. The molecule has 1 unspecified atom stereocenters. The highest BCUT2D eigenvalue weighted by molar-refractivity contribution is 5.77. The molecule has 0 saturated heterocycles. The maximum Gasteiger partial charge on any atom is 0.109 e. The molecule has 0 spiro atoms. The van der Waals surface area contributed by atoms with E-state index in [0.29, 0.717) is 5.92 Å². The fourth-order valence-corrected chi connectivity index (χ4v) is 2.15. The van der Waals surface area contributed by atoms with Crippen molar-refractivity contribution in [3.8, 4) is 0 Å². The maximum absolute atomic E-state index is 9.78. The molecular formula is C14H21N3O. The fraction of sp³-hybridized carbons (Fsp3) is 0.500. The summed E-state index contributed by atoms with van der Waals surface area (Å²) in [4.78, 5) is 4.63. The van der Waals surface area contributed by atoms with Crippen molar-refractivity contribution < 1.29 is 5.11 Å². The second kappa shape index (κ2) is 5.08. The highest BCUT2D eigenvalue weighted by Crippen LogP contribution is 2.21. The molecule has 98 valence electrons. The van der Waals surface area contributed by atoms with Gasteiger partial charge in [-0.3, -0.25) is 0 Å². The summed E-state index contributed by atoms with van der Waals surface area (Å²) in [6.45, 7) is 4.61. The van der Waals surface area contributed by atoms with Gasteiger partial charge in [0.15, 0.2) is 0 Å². The minimum Gasteiger partial charge on any atom is -0.387 e. The summed E-state index contributed by atoms with van der Waals surface area (Å²) >= 11 is 0. The Morgan fingerprint density at radius 1 is 1.39 bits per heavy atom. The Hall–Kier alpha value is -1.39. The highest BCUT2D eigenvalue weighted by atomic mass is 16.3. The third kappa shape index (κ3) is 2.40. The molecule has 1 atom stereocenters. The predicted octanol–water partition coefficient (Wildman–Crippen LogP) is 1.76. The molecule has 3 N–H and O–H groups in total. The quantitative estimate of drug-likeness (QED) is 0.865. The zero-order valence-corrected chi connectivity index (χ0v) is 11.2. The minimum absolute atomic E-state index is 0.238. The van der Waals surface area contributed by atoms with E-state index >= 15 is 0 Å². The Bertz CT molecular complexity index is 545. The van der Waals surface area contributed by atoms with Crippen LogP contribution in [-0.2, 0) is 13.5 Å². The molecule has 0 bridgehead atoms. The van der Waals surface area contributed by atoms with Crippen molar-refractivity contribution in [2.45, 2.75) is 26.4 Å². The molecule has 0 aliphatic carbocycles. The molecule has 2 aromatic rings. The normalized spacial score (nSPS) is 13.4. The third-order valence-corrected chi connectivity index (χ3v) is 3.20. The lowest BCUT2D eigenvalue weighted by Crippen LogP contribution is -2.11. The van der Waals surface area contributed by atoms with E-state index in [1.165, 1.54) is 0 Å². The average molecular weight is 247 g/mol. The van der Waals surface area contributed by atoms with Crippen LogP contribution in [-0.4, -0.2) is 21.2 Å². The summed E-state index contributed by atoms with van der Waals surface area (Å²) in [7, 11) is 2.02. The number of hydrogen-bond donors (Lipinski definition) is 2. The molecule has 18 heavy (non-hydrogen) atoms. The first kappa shape index (κ1) is 13.1. The van der Waals surface area contributed by atoms with Crippen molar-refractivity contribution >= 4 is 11.0 Å². The fourth-order valence-electron chi connectivity index (χ4n) is 2.15. The van der Waals surface area contributed by atoms with Crippen LogP contribution in [0.2, 0.25) is 0 Å². The molecule has 4 nitrogen and oxygen atoms in total. The van der Waals surface area contributed by atoms with Gasteiger partial charge in [-0.15, -0.1) is 0 Å². The number of aliphatic hydroxyl groups is 1. The lowest BCUT2D eigenvalue weighted by Gasteiger charge is -2.08. The molecule has 0 saturated carbocycles. The third-order valence-electron chi connectivity index (χ3n) is 3.20. The largest absolute Gasteiger partial charge is 0.387 e. The van der Waals surface area contributed by atoms with Crippen LogP contribution >= 0.6 is 0 Å². The number of fused-ring (bicyclic) bond motifs is 1. The first-order chi connectivity index (χ1) is 8.52. The Balaban J connectivity index is 2.46. The standard InChI is InChI=1S/C14H21N3O/c1-9(2)6-14-16-11-5-4-10(13(18)8-15)7-12(11)17(14)3/h4-5,7,9,13,18H,6,8,15H2,1-3H3. The van der Waals surface area contributed by atoms with E-state index in [9.17, 15) is 5.11 Å². The number of rotatable bonds is 4. The second-order valence-corrected chi connectivity index (χ2v) is 5.18. The van der Waals surface area contributed by atoms with Gasteiger partial charge in [0.25, 0.3) is 0 Å². The van der Waals surface area contributed by atoms with Crippen LogP contribution in [0.3, 0.4) is 0 Å². The van der Waals surface area contributed by atoms with Crippen LogP contribution in [0.15, 0.2) is 18.2 Å². The molecule has 4 heteroatoms. The molecule has 0 aliphatic heterocycles. The predicted molar refractivity (Wildman–Crippen MR) is 73.3 cm³/mol. The van der Waals surface area contributed by atoms with Gasteiger partial charge in [0.05, 0.1) is 17.1 Å². The summed E-state index contributed by atoms with van der Waals surface area (Å²) in [5.41, 5.74) is 8.36. The smallest absolute Gasteiger partial charge is 0.109 e. The molecular weight excluding hydrogens is 226 g/mol. The summed E-state index contributed by atoms with van der Waals surface area (Å²) < 4.78 is 2.10. The van der Waals surface area contributed by atoms with Gasteiger partial charge in [-0.1, -0.05) is 19.9 Å². The number of nitrogens with two attached hydrogens (primary N) is 1. The Labute approximate surface area is 107 Å². The molecule has 0 fully saturated rings. The van der Waals surface area contributed by atoms with E-state index in [0.717, 1.165) is 28.8 Å². The van der Waals surface area contributed by atoms with Gasteiger partial charge < -0.3 is 15.4 Å². The highest BCUT2D eigenvalue weighted by Gasteiger charge is 2.12. The number of imidazole rings is 1. The zero-order chi connectivity index (χ0) is 13.3. The first-order valence-corrected chi connectivity index (χ1v) is 6.36. The summed E-state index contributed by atoms with van der Waals surface area (Å²) in [6.07, 6.45) is 0.359. The number of aliphatic hydroxyl groups excluding tert-OH is 1. The van der Waals surface area contributed by atoms with Gasteiger partial charge >= 0.3 is 0 Å². The molecule has 1 aromatic carbocycles. The lowest BCUT2D eigenvalue weighted by molar-refractivity contribution is 0.187. The number of aryl methyl sites for hydroxylation is 1. The minimum atomic E-state index is -0.599. The van der Waals surface area contributed by atoms with Gasteiger partial charge in [0.1, 0.15) is 5.82 Å². The van der Waals surface area contributed by atoms with Crippen LogP contribution in [0, 0.1) is 5.92 Å². The van der Waals surface area contributed by atoms with Gasteiger partial charge in [-0.05, 0) is 23.6 Å². The number of aromatic nitrogens is 2. The van der Waals surface area contributed by atoms with Crippen LogP contribution < -0.4 is 5.73 Å². The topological polar surface area (TPSA) is 64.1 Å². The first-order valence-electron chi connectivity index (χ1n) is 6.36. The monoisotopic (exact) mass is 247 g/mol. The van der Waals surface area contributed by atoms with Crippen molar-refractivity contribution in [1.29, 1.82) is 0 Å². The summed E-state index contributed by atoms with van der Waals surface area (Å²) in [5, 5.41) is 9.78. The molecule has 0 amide bonds. The summed E-state index contributed by atoms with van der Waals surface area (Å²) in [6, 6.07) is 5.82. The Morgan fingerprint density at radius 2 is 2.11 bits per heavy atom. The summed E-state index contributed by atoms with van der Waals surface area (Å²) in [5.74, 6) is 1.66. The molecule has 0 aliphatic rings. The van der Waals surface area contributed by atoms with E-state index in [2.05, 4.69) is 23.4 Å². The van der Waals surface area contributed by atoms with Gasteiger partial charge in [-0.25, -0.2) is 4.98 Å². The SMILES string of the molecule is CC(C)Cc1nc2ccc(C(O)CN)cc2n1C. The van der Waals surface area contributed by atoms with Gasteiger partial charge in [0, 0.05) is 20.0 Å². The van der Waals surface area contributed by atoms with Crippen molar-refractivity contribution in [2.24, 2.45) is 18.7 Å². The van der Waals surface area contributed by atoms with E-state index in [1.54, 1.807) is 0 Å². The lowest BCUT2D eigenvalue weighted by atomic mass is 10.1. The number of benzene rings is 1.